The summed E-state index contributed by atoms with van der Waals surface area (Å²) >= 11 is 0. The molecule has 0 aliphatic carbocycles. The SMILES string of the molecule is CCC(C)NC(=O)CCNCC1CCCN(S(C)(=O)=O)C1. The Morgan fingerprint density at radius 2 is 2.14 bits per heavy atom. The van der Waals surface area contributed by atoms with Gasteiger partial charge in [0.05, 0.1) is 6.26 Å². The van der Waals surface area contributed by atoms with Crippen molar-refractivity contribution in [1.29, 1.82) is 0 Å². The van der Waals surface area contributed by atoms with Crippen LogP contribution >= 0.6 is 0 Å². The summed E-state index contributed by atoms with van der Waals surface area (Å²) in [6.45, 7) is 6.66. The average Bonchev–Trinajstić information content (AvgIpc) is 2.43. The molecule has 1 aliphatic rings. The Morgan fingerprint density at radius 1 is 1.43 bits per heavy atom. The summed E-state index contributed by atoms with van der Waals surface area (Å²) in [5.74, 6) is 0.407. The van der Waals surface area contributed by atoms with Crippen molar-refractivity contribution in [3.63, 3.8) is 0 Å². The molecule has 0 aromatic rings. The Hall–Kier alpha value is -0.660. The van der Waals surface area contributed by atoms with Crippen molar-refractivity contribution in [2.45, 2.75) is 45.6 Å². The second kappa shape index (κ2) is 8.70. The molecule has 1 aliphatic heterocycles. The van der Waals surface area contributed by atoms with E-state index in [2.05, 4.69) is 10.6 Å². The fourth-order valence-corrected chi connectivity index (χ4v) is 3.39. The summed E-state index contributed by atoms with van der Waals surface area (Å²) in [5, 5.41) is 6.20. The van der Waals surface area contributed by atoms with Crippen LogP contribution in [0.5, 0.6) is 0 Å². The minimum atomic E-state index is -3.08. The largest absolute Gasteiger partial charge is 0.354 e. The lowest BCUT2D eigenvalue weighted by molar-refractivity contribution is -0.121. The van der Waals surface area contributed by atoms with Crippen LogP contribution in [0.15, 0.2) is 0 Å². The van der Waals surface area contributed by atoms with Gasteiger partial charge in [-0.15, -0.1) is 0 Å². The summed E-state index contributed by atoms with van der Waals surface area (Å²) in [7, 11) is -3.08. The van der Waals surface area contributed by atoms with Crippen LogP contribution in [0.1, 0.15) is 39.5 Å². The Bertz CT molecular complexity index is 425. The first kappa shape index (κ1) is 18.4. The van der Waals surface area contributed by atoms with E-state index in [1.165, 1.54) is 6.26 Å². The zero-order chi connectivity index (χ0) is 15.9. The number of carbonyl (C=O) groups excluding carboxylic acids is 1. The molecule has 1 saturated heterocycles. The van der Waals surface area contributed by atoms with E-state index in [1.54, 1.807) is 4.31 Å². The topological polar surface area (TPSA) is 78.5 Å². The molecule has 2 unspecified atom stereocenters. The molecule has 21 heavy (non-hydrogen) atoms. The number of nitrogens with one attached hydrogen (secondary N) is 2. The number of amides is 1. The molecule has 2 N–H and O–H groups in total. The number of carbonyl (C=O) groups is 1. The van der Waals surface area contributed by atoms with E-state index in [9.17, 15) is 13.2 Å². The molecule has 1 fully saturated rings. The molecule has 0 saturated carbocycles. The van der Waals surface area contributed by atoms with E-state index in [0.29, 0.717) is 32.0 Å². The molecule has 0 spiro atoms. The monoisotopic (exact) mass is 319 g/mol. The van der Waals surface area contributed by atoms with E-state index in [0.717, 1.165) is 25.8 Å². The molecule has 1 rings (SSSR count). The molecule has 0 aromatic carbocycles. The minimum Gasteiger partial charge on any atom is -0.354 e. The number of nitrogens with zero attached hydrogens (tertiary/aromatic N) is 1. The number of hydrogen-bond donors (Lipinski definition) is 2. The first-order valence-electron chi connectivity index (χ1n) is 7.78. The molecule has 1 amide bonds. The second-order valence-corrected chi connectivity index (χ2v) is 7.94. The molecule has 0 aromatic heterocycles. The van der Waals surface area contributed by atoms with Crippen LogP contribution in [0, 0.1) is 5.92 Å². The van der Waals surface area contributed by atoms with Crippen molar-refractivity contribution in [1.82, 2.24) is 14.9 Å². The van der Waals surface area contributed by atoms with Crippen molar-refractivity contribution in [3.8, 4) is 0 Å². The maximum atomic E-state index is 11.6. The van der Waals surface area contributed by atoms with E-state index in [1.807, 2.05) is 13.8 Å². The van der Waals surface area contributed by atoms with Crippen molar-refractivity contribution >= 4 is 15.9 Å². The first-order valence-corrected chi connectivity index (χ1v) is 9.63. The van der Waals surface area contributed by atoms with Crippen LogP contribution in [0.3, 0.4) is 0 Å². The number of piperidine rings is 1. The lowest BCUT2D eigenvalue weighted by atomic mass is 10.00. The quantitative estimate of drug-likeness (QED) is 0.641. The second-order valence-electron chi connectivity index (χ2n) is 5.96. The zero-order valence-electron chi connectivity index (χ0n) is 13.4. The molecule has 2 atom stereocenters. The Labute approximate surface area is 128 Å². The highest BCUT2D eigenvalue weighted by Crippen LogP contribution is 2.17. The third kappa shape index (κ3) is 7.24. The van der Waals surface area contributed by atoms with Gasteiger partial charge in [0.15, 0.2) is 0 Å². The minimum absolute atomic E-state index is 0.0678. The van der Waals surface area contributed by atoms with Crippen LogP contribution in [-0.4, -0.2) is 57.1 Å². The van der Waals surface area contributed by atoms with Gasteiger partial charge in [0.25, 0.3) is 0 Å². The van der Waals surface area contributed by atoms with Gasteiger partial charge < -0.3 is 10.6 Å². The van der Waals surface area contributed by atoms with Crippen LogP contribution in [-0.2, 0) is 14.8 Å². The summed E-state index contributed by atoms with van der Waals surface area (Å²) in [6.07, 6.45) is 4.61. The Morgan fingerprint density at radius 3 is 2.76 bits per heavy atom. The van der Waals surface area contributed by atoms with E-state index in [4.69, 9.17) is 0 Å². The highest BCUT2D eigenvalue weighted by atomic mass is 32.2. The molecule has 0 radical (unpaired) electrons. The van der Waals surface area contributed by atoms with Gasteiger partial charge >= 0.3 is 0 Å². The van der Waals surface area contributed by atoms with Gasteiger partial charge in [-0.25, -0.2) is 12.7 Å². The fourth-order valence-electron chi connectivity index (χ4n) is 2.45. The molecular weight excluding hydrogens is 290 g/mol. The van der Waals surface area contributed by atoms with Gasteiger partial charge in [0.1, 0.15) is 0 Å². The summed E-state index contributed by atoms with van der Waals surface area (Å²) < 4.78 is 24.6. The van der Waals surface area contributed by atoms with Gasteiger partial charge in [0, 0.05) is 32.1 Å². The summed E-state index contributed by atoms with van der Waals surface area (Å²) in [6, 6.07) is 0.221. The zero-order valence-corrected chi connectivity index (χ0v) is 14.2. The van der Waals surface area contributed by atoms with Gasteiger partial charge in [0.2, 0.25) is 15.9 Å². The van der Waals surface area contributed by atoms with Gasteiger partial charge in [-0.3, -0.25) is 4.79 Å². The standard InChI is InChI=1S/C14H29N3O3S/c1-4-12(2)16-14(18)7-8-15-10-13-6-5-9-17(11-13)21(3,19)20/h12-13,15H,4-11H2,1-3H3,(H,16,18). The molecule has 6 nitrogen and oxygen atoms in total. The van der Waals surface area contributed by atoms with Crippen molar-refractivity contribution in [2.24, 2.45) is 5.92 Å². The van der Waals surface area contributed by atoms with Crippen LogP contribution in [0.25, 0.3) is 0 Å². The normalized spacial score (nSPS) is 22.0. The molecule has 0 bridgehead atoms. The molecule has 7 heteroatoms. The average molecular weight is 319 g/mol. The third-order valence-corrected chi connectivity index (χ3v) is 5.20. The Balaban J connectivity index is 2.19. The summed E-state index contributed by atoms with van der Waals surface area (Å²) in [5.41, 5.74) is 0. The predicted molar refractivity (Wildman–Crippen MR) is 84.5 cm³/mol. The maximum Gasteiger partial charge on any atom is 0.221 e. The first-order chi connectivity index (χ1) is 9.82. The van der Waals surface area contributed by atoms with Gasteiger partial charge in [-0.1, -0.05) is 6.92 Å². The van der Waals surface area contributed by atoms with E-state index in [-0.39, 0.29) is 11.9 Å². The number of rotatable bonds is 8. The maximum absolute atomic E-state index is 11.6. The van der Waals surface area contributed by atoms with Crippen LogP contribution < -0.4 is 10.6 Å². The highest BCUT2D eigenvalue weighted by Gasteiger charge is 2.25. The van der Waals surface area contributed by atoms with Crippen LogP contribution in [0.2, 0.25) is 0 Å². The lowest BCUT2D eigenvalue weighted by Crippen LogP contribution is -2.42. The third-order valence-electron chi connectivity index (χ3n) is 3.93. The molecule has 1 heterocycles. The highest BCUT2D eigenvalue weighted by molar-refractivity contribution is 7.88. The van der Waals surface area contributed by atoms with Gasteiger partial charge in [-0.2, -0.15) is 0 Å². The predicted octanol–water partition coefficient (Wildman–Crippen LogP) is 0.552. The lowest BCUT2D eigenvalue weighted by Gasteiger charge is -2.31. The fraction of sp³-hybridized carbons (Fsp3) is 0.929. The number of hydrogen-bond acceptors (Lipinski definition) is 4. The smallest absolute Gasteiger partial charge is 0.221 e. The molecular formula is C14H29N3O3S. The summed E-state index contributed by atoms with van der Waals surface area (Å²) in [4.78, 5) is 11.6. The van der Waals surface area contributed by atoms with Crippen LogP contribution in [0.4, 0.5) is 0 Å². The van der Waals surface area contributed by atoms with E-state index < -0.39 is 10.0 Å². The Kier molecular flexibility index (Phi) is 7.62. The number of sulfonamides is 1. The van der Waals surface area contributed by atoms with E-state index >= 15 is 0 Å². The van der Waals surface area contributed by atoms with Gasteiger partial charge in [-0.05, 0) is 38.6 Å². The van der Waals surface area contributed by atoms with Crippen molar-refractivity contribution in [3.05, 3.63) is 0 Å². The molecule has 124 valence electrons. The van der Waals surface area contributed by atoms with Crippen molar-refractivity contribution in [2.75, 3.05) is 32.4 Å². The van der Waals surface area contributed by atoms with Crippen molar-refractivity contribution < 1.29 is 13.2 Å².